The van der Waals surface area contributed by atoms with Crippen LogP contribution >= 0.6 is 0 Å². The van der Waals surface area contributed by atoms with Gasteiger partial charge in [-0.25, -0.2) is 0 Å². The molecule has 147 heavy (non-hydrogen) atoms. The maximum absolute atomic E-state index is 5.45. The minimum absolute atomic E-state index is 0. The summed E-state index contributed by atoms with van der Waals surface area (Å²) in [5.74, 6) is 0. The zero-order valence-corrected chi connectivity index (χ0v) is 88.7. The van der Waals surface area contributed by atoms with Crippen molar-refractivity contribution in [3.8, 4) is 151 Å². The first-order chi connectivity index (χ1) is 70.7. The molecule has 0 amide bonds. The van der Waals surface area contributed by atoms with Crippen LogP contribution in [0.25, 0.3) is 194 Å². The third-order valence-electron chi connectivity index (χ3n) is 27.5. The molecule has 0 bridgehead atoms. The van der Waals surface area contributed by atoms with Crippen LogP contribution in [0.1, 0.15) is 75.7 Å². The molecule has 0 spiro atoms. The Bertz CT molecular complexity index is 8720. The Labute approximate surface area is 903 Å². The molecule has 712 valence electrons. The summed E-state index contributed by atoms with van der Waals surface area (Å²) in [5.41, 5.74) is 34.9. The smallest absolute Gasteiger partial charge is 0.309 e. The molecule has 17 aromatic carbocycles. The average Bonchev–Trinajstić information content (AvgIpc) is 1.12. The van der Waals surface area contributed by atoms with E-state index in [0.717, 1.165) is 152 Å². The van der Waals surface area contributed by atoms with Crippen molar-refractivity contribution in [3.05, 3.63) is 562 Å². The van der Waals surface area contributed by atoms with Crippen LogP contribution in [0.15, 0.2) is 491 Å². The molecule has 0 radical (unpaired) electrons. The number of rotatable bonds is 20. The maximum Gasteiger partial charge on any atom is 2.00 e. The average molecular weight is 2430 g/mol. The monoisotopic (exact) mass is 2430 g/mol. The van der Waals surface area contributed by atoms with Crippen molar-refractivity contribution < 1.29 is 63.2 Å². The summed E-state index contributed by atoms with van der Waals surface area (Å²) < 4.78 is 2.38. The molecule has 0 saturated heterocycles. The summed E-state index contributed by atoms with van der Waals surface area (Å²) in [6.07, 6.45) is 0. The minimum Gasteiger partial charge on any atom is -0.309 e. The van der Waals surface area contributed by atoms with Gasteiger partial charge in [-0.3, -0.25) is 15.0 Å². The third-order valence-corrected chi connectivity index (χ3v) is 27.5. The van der Waals surface area contributed by atoms with E-state index in [1.54, 1.807) is 0 Å². The third kappa shape index (κ3) is 20.6. The van der Waals surface area contributed by atoms with Gasteiger partial charge in [0.1, 0.15) is 0 Å². The Morgan fingerprint density at radius 1 is 0.190 bits per heavy atom. The molecule has 7 nitrogen and oxygen atoms in total. The van der Waals surface area contributed by atoms with Gasteiger partial charge in [0.05, 0.1) is 11.0 Å². The van der Waals surface area contributed by atoms with Crippen molar-refractivity contribution in [1.82, 2.24) is 34.5 Å². The van der Waals surface area contributed by atoms with Crippen molar-refractivity contribution >= 4 is 43.4 Å². The summed E-state index contributed by atoms with van der Waals surface area (Å²) in [6.45, 7) is 13.4. The van der Waals surface area contributed by atoms with E-state index >= 15 is 0 Å². The van der Waals surface area contributed by atoms with E-state index in [0.29, 0.717) is 0 Å². The quantitative estimate of drug-likeness (QED) is 0.0707. The molecule has 24 aromatic rings. The molecule has 24 rings (SSSR count). The number of benzene rings is 17. The Morgan fingerprint density at radius 3 is 0.864 bits per heavy atom. The second-order valence-corrected chi connectivity index (χ2v) is 37.7. The number of pyridine rings is 6. The fraction of sp³-hybridized carbons (Fsp3) is 0.0657. The van der Waals surface area contributed by atoms with Crippen molar-refractivity contribution in [2.45, 2.75) is 57.8 Å². The predicted molar refractivity (Wildman–Crippen MR) is 595 cm³/mol. The van der Waals surface area contributed by atoms with Crippen LogP contribution in [0.4, 0.5) is 0 Å². The Morgan fingerprint density at radius 2 is 0.476 bits per heavy atom. The van der Waals surface area contributed by atoms with Gasteiger partial charge in [0.15, 0.2) is 0 Å². The molecule has 7 heterocycles. The van der Waals surface area contributed by atoms with Gasteiger partial charge in [-0.1, -0.05) is 303 Å². The van der Waals surface area contributed by atoms with Gasteiger partial charge in [-0.05, 0) is 201 Å². The number of para-hydroxylation sites is 2. The van der Waals surface area contributed by atoms with Crippen LogP contribution in [-0.2, 0) is 79.4 Å². The molecule has 0 fully saturated rings. The predicted octanol–water partition coefficient (Wildman–Crippen LogP) is 34.3. The number of nitrogens with zero attached hydrogens (tertiary/aromatic N) is 7. The number of hydrogen-bond donors (Lipinski definition) is 0. The molecule has 0 aliphatic heterocycles. The number of fused-ring (bicyclic) bond motifs is 5. The topological polar surface area (TPSA) is 82.3 Å². The van der Waals surface area contributed by atoms with Gasteiger partial charge < -0.3 is 19.5 Å². The first-order valence-corrected chi connectivity index (χ1v) is 49.0. The zero-order valence-electron chi connectivity index (χ0n) is 81.8. The minimum atomic E-state index is -0.554. The van der Waals surface area contributed by atoms with Crippen LogP contribution in [0, 0.1) is 36.4 Å². The van der Waals surface area contributed by atoms with E-state index in [1.165, 1.54) is 76.7 Å². The van der Waals surface area contributed by atoms with Gasteiger partial charge in [-0.15, -0.1) is 215 Å². The van der Waals surface area contributed by atoms with Crippen LogP contribution in [0.5, 0.6) is 0 Å². The van der Waals surface area contributed by atoms with Crippen LogP contribution < -0.4 is 0 Å². The molecular formula is C137H99N7Pt3. The Kier molecular flexibility index (Phi) is 30.1. The molecule has 0 unspecified atom stereocenters. The van der Waals surface area contributed by atoms with E-state index in [4.69, 9.17) is 29.9 Å². The summed E-state index contributed by atoms with van der Waals surface area (Å²) in [5, 5.41) is 7.28. The largest absolute Gasteiger partial charge is 2.00 e. The van der Waals surface area contributed by atoms with Crippen molar-refractivity contribution in [2.75, 3.05) is 0 Å². The molecule has 10 heteroatoms. The van der Waals surface area contributed by atoms with E-state index in [2.05, 4.69) is 459 Å². The molecule has 7 aromatic heterocycles. The van der Waals surface area contributed by atoms with Gasteiger partial charge in [0, 0.05) is 83.6 Å². The summed E-state index contributed by atoms with van der Waals surface area (Å²) in [4.78, 5) is 31.9. The second-order valence-electron chi connectivity index (χ2n) is 37.7. The van der Waals surface area contributed by atoms with Crippen LogP contribution in [-0.4, -0.2) is 34.5 Å². The van der Waals surface area contributed by atoms with Gasteiger partial charge >= 0.3 is 63.2 Å². The fourth-order valence-corrected chi connectivity index (χ4v) is 20.1. The van der Waals surface area contributed by atoms with E-state index in [1.807, 2.05) is 115 Å². The SMILES string of the molecule is CC(C)(c1cccc(-c2[c-]cccc2)n1)c1nc(-c2[c-]cccc2)ccc1-c1cccc2cccc(-c3ccc(-c4ccccc4)cc3)c12.CC(C)(c1cccc(-c2[c-]cccc2)n1)c1nc(-c2[c-]cccc2)ccc1-c1cccc2cccc(-c3ccccc3)c12.CC(C)(c1cccc(-c2[c-]cccc2)n1)c1nc(-c2[c-]cccc2)ccc1-c1ccccc1-c1ccc2c3ccccc3n(-c3ccccc3)c2c1.[Pt+2].[Pt+2].[Pt+2]. The van der Waals surface area contributed by atoms with Crippen LogP contribution in [0.3, 0.4) is 0 Å². The first-order valence-electron chi connectivity index (χ1n) is 49.0. The summed E-state index contributed by atoms with van der Waals surface area (Å²) >= 11 is 0. The Hall–Kier alpha value is -16.0. The normalized spacial score (nSPS) is 11.3. The number of aromatic nitrogens is 7. The summed E-state index contributed by atoms with van der Waals surface area (Å²) in [6, 6.07) is 191. The molecule has 0 aliphatic carbocycles. The van der Waals surface area contributed by atoms with E-state index < -0.39 is 16.2 Å². The van der Waals surface area contributed by atoms with Crippen LogP contribution in [0.2, 0.25) is 0 Å². The number of hydrogen-bond acceptors (Lipinski definition) is 6. The van der Waals surface area contributed by atoms with E-state index in [-0.39, 0.29) is 63.2 Å². The maximum atomic E-state index is 5.45. The molecule has 0 saturated carbocycles. The van der Waals surface area contributed by atoms with Crippen molar-refractivity contribution in [3.63, 3.8) is 0 Å². The van der Waals surface area contributed by atoms with Gasteiger partial charge in [0.2, 0.25) is 0 Å². The van der Waals surface area contributed by atoms with Gasteiger partial charge in [-0.2, -0.15) is 0 Å². The molecular weight excluding hydrogens is 2330 g/mol. The van der Waals surface area contributed by atoms with Crippen molar-refractivity contribution in [1.29, 1.82) is 0 Å². The second kappa shape index (κ2) is 44.3. The standard InChI is InChI=1S/C49H35N3.C47H34N2.C41H30N2.3Pt/c1-49(2,47-28-16-26-43(50-47)34-17-6-3-7-18-34)48-42(31-32-44(51-48)35-19-8-4-9-20-35)39-24-13-12-23-38(39)36-29-30-41-40-25-14-15-27-45(40)52(46(41)33-36)37-21-10-5-11-22-37;1-47(2,44-26-14-25-42(48-44)36-17-8-4-9-18-36)46-41(31-32-43(49-46)37-19-10-5-11-20-37)40-24-13-22-38-21-12-23-39(45(38)40)35-29-27-34(28-30-35)33-15-6-3-7-16-33;1-41(2,38-26-14-25-36(42-38)30-17-8-4-9-18-30)40-35(27-28-37(43-40)31-19-10-5-11-20-31)34-24-13-22-32-21-12-23-33(39(32)34)29-15-6-3-7-16-29;;;/h3-17,19,21-33H,1-2H3;3-17,19,21-32H,1-2H3;3-17,19,21-28H,1-2H3;;;/q3*-2;3*+2. The Balaban J connectivity index is 0.000000138. The summed E-state index contributed by atoms with van der Waals surface area (Å²) in [7, 11) is 0. The molecule has 0 N–H and O–H groups in total. The fourth-order valence-electron chi connectivity index (χ4n) is 20.1. The first kappa shape index (κ1) is 99.7. The van der Waals surface area contributed by atoms with Gasteiger partial charge in [0.25, 0.3) is 0 Å². The molecule has 0 aliphatic rings. The molecule has 0 atom stereocenters. The van der Waals surface area contributed by atoms with E-state index in [9.17, 15) is 0 Å². The van der Waals surface area contributed by atoms with Crippen molar-refractivity contribution in [2.24, 2.45) is 0 Å². The zero-order chi connectivity index (χ0) is 97.5.